The molecule has 1 aromatic heterocycles. The van der Waals surface area contributed by atoms with Crippen LogP contribution in [0.5, 0.6) is 0 Å². The Hall–Kier alpha value is -1.92. The molecular formula is C23H35N5S. The second kappa shape index (κ2) is 10.7. The van der Waals surface area contributed by atoms with E-state index in [2.05, 4.69) is 78.9 Å². The van der Waals surface area contributed by atoms with E-state index in [1.807, 2.05) is 0 Å². The zero-order valence-electron chi connectivity index (χ0n) is 18.2. The van der Waals surface area contributed by atoms with Crippen LogP contribution in [0.15, 0.2) is 40.7 Å². The summed E-state index contributed by atoms with van der Waals surface area (Å²) in [6, 6.07) is 11.7. The lowest BCUT2D eigenvalue weighted by atomic mass is 10.0. The average molecular weight is 414 g/mol. The van der Waals surface area contributed by atoms with E-state index in [-0.39, 0.29) is 0 Å². The quantitative estimate of drug-likeness (QED) is 0.517. The van der Waals surface area contributed by atoms with Gasteiger partial charge in [-0.1, -0.05) is 44.2 Å². The minimum Gasteiger partial charge on any atom is -0.357 e. The summed E-state index contributed by atoms with van der Waals surface area (Å²) in [4.78, 5) is 12.1. The Labute approximate surface area is 179 Å². The Balaban J connectivity index is 1.52. The monoisotopic (exact) mass is 413 g/mol. The van der Waals surface area contributed by atoms with Crippen LogP contribution in [-0.4, -0.2) is 41.5 Å². The van der Waals surface area contributed by atoms with Crippen LogP contribution < -0.4 is 10.6 Å². The average Bonchev–Trinajstić information content (AvgIpc) is 3.22. The van der Waals surface area contributed by atoms with E-state index < -0.39 is 0 Å². The summed E-state index contributed by atoms with van der Waals surface area (Å²) in [7, 11) is 0. The van der Waals surface area contributed by atoms with Gasteiger partial charge in [0.1, 0.15) is 0 Å². The lowest BCUT2D eigenvalue weighted by Crippen LogP contribution is -2.49. The molecule has 1 aromatic carbocycles. The van der Waals surface area contributed by atoms with Gasteiger partial charge in [-0.15, -0.1) is 11.3 Å². The van der Waals surface area contributed by atoms with Crippen LogP contribution in [0.2, 0.25) is 0 Å². The van der Waals surface area contributed by atoms with Gasteiger partial charge in [-0.25, -0.2) is 9.98 Å². The molecule has 1 saturated heterocycles. The maximum Gasteiger partial charge on any atom is 0.191 e. The minimum absolute atomic E-state index is 0.466. The lowest BCUT2D eigenvalue weighted by Gasteiger charge is -2.37. The number of nitrogens with one attached hydrogen (secondary N) is 2. The molecule has 2 heterocycles. The van der Waals surface area contributed by atoms with Crippen molar-refractivity contribution in [3.63, 3.8) is 0 Å². The number of piperidine rings is 1. The molecule has 0 saturated carbocycles. The zero-order valence-corrected chi connectivity index (χ0v) is 19.0. The third-order valence-electron chi connectivity index (χ3n) is 5.51. The number of likely N-dealkylation sites (tertiary alicyclic amines) is 1. The highest BCUT2D eigenvalue weighted by atomic mass is 32.1. The molecule has 0 aliphatic carbocycles. The first-order valence-corrected chi connectivity index (χ1v) is 11.7. The maximum absolute atomic E-state index is 4.78. The fourth-order valence-electron chi connectivity index (χ4n) is 3.71. The van der Waals surface area contributed by atoms with Crippen molar-refractivity contribution < 1.29 is 0 Å². The van der Waals surface area contributed by atoms with E-state index in [0.29, 0.717) is 24.5 Å². The summed E-state index contributed by atoms with van der Waals surface area (Å²) in [5.74, 6) is 1.38. The highest BCUT2D eigenvalue weighted by Gasteiger charge is 2.24. The van der Waals surface area contributed by atoms with Crippen molar-refractivity contribution in [1.29, 1.82) is 0 Å². The normalized spacial score (nSPS) is 17.5. The second-order valence-electron chi connectivity index (χ2n) is 8.07. The number of guanidine groups is 1. The SMILES string of the molecule is CCNC(=NCc1csc(C(C)C)n1)NC1CCN(C(C)c2ccccc2)CC1. The van der Waals surface area contributed by atoms with Gasteiger partial charge >= 0.3 is 0 Å². The molecule has 1 fully saturated rings. The van der Waals surface area contributed by atoms with Crippen LogP contribution in [0.3, 0.4) is 0 Å². The fraction of sp³-hybridized carbons (Fsp3) is 0.565. The molecule has 0 radical (unpaired) electrons. The molecule has 6 heteroatoms. The Morgan fingerprint density at radius 1 is 1.21 bits per heavy atom. The van der Waals surface area contributed by atoms with E-state index in [0.717, 1.165) is 44.1 Å². The largest absolute Gasteiger partial charge is 0.357 e. The molecule has 158 valence electrons. The summed E-state index contributed by atoms with van der Waals surface area (Å²) in [5.41, 5.74) is 2.46. The third kappa shape index (κ3) is 6.28. The van der Waals surface area contributed by atoms with Crippen LogP contribution in [0.25, 0.3) is 0 Å². The van der Waals surface area contributed by atoms with Gasteiger partial charge in [0.2, 0.25) is 0 Å². The smallest absolute Gasteiger partial charge is 0.191 e. The topological polar surface area (TPSA) is 52.6 Å². The highest BCUT2D eigenvalue weighted by Crippen LogP contribution is 2.24. The van der Waals surface area contributed by atoms with Crippen LogP contribution in [-0.2, 0) is 6.54 Å². The number of benzene rings is 1. The first-order chi connectivity index (χ1) is 14.1. The molecule has 1 unspecified atom stereocenters. The van der Waals surface area contributed by atoms with E-state index in [1.165, 1.54) is 10.6 Å². The molecule has 0 amide bonds. The summed E-state index contributed by atoms with van der Waals surface area (Å²) >= 11 is 1.73. The Bertz CT molecular complexity index is 763. The van der Waals surface area contributed by atoms with Gasteiger partial charge in [-0.3, -0.25) is 4.90 Å². The summed E-state index contributed by atoms with van der Waals surface area (Å²) in [6.07, 6.45) is 2.27. The molecule has 3 rings (SSSR count). The fourth-order valence-corrected chi connectivity index (χ4v) is 4.53. The minimum atomic E-state index is 0.466. The first-order valence-electron chi connectivity index (χ1n) is 10.8. The molecule has 5 nitrogen and oxygen atoms in total. The van der Waals surface area contributed by atoms with E-state index in [4.69, 9.17) is 9.98 Å². The van der Waals surface area contributed by atoms with Crippen molar-refractivity contribution in [3.05, 3.63) is 52.0 Å². The summed E-state index contributed by atoms with van der Waals surface area (Å²) < 4.78 is 0. The number of hydrogen-bond donors (Lipinski definition) is 2. The van der Waals surface area contributed by atoms with Gasteiger partial charge in [0.05, 0.1) is 17.2 Å². The number of hydrogen-bond acceptors (Lipinski definition) is 4. The highest BCUT2D eigenvalue weighted by molar-refractivity contribution is 7.09. The molecule has 1 aliphatic heterocycles. The summed E-state index contributed by atoms with van der Waals surface area (Å²) in [5, 5.41) is 10.4. The van der Waals surface area contributed by atoms with Gasteiger partial charge < -0.3 is 10.6 Å². The molecule has 2 aromatic rings. The summed E-state index contributed by atoms with van der Waals surface area (Å²) in [6.45, 7) is 12.5. The number of aliphatic imine (C=N–C) groups is 1. The van der Waals surface area contributed by atoms with Crippen molar-refractivity contribution in [2.24, 2.45) is 4.99 Å². The van der Waals surface area contributed by atoms with Crippen molar-refractivity contribution in [3.8, 4) is 0 Å². The Morgan fingerprint density at radius 2 is 1.93 bits per heavy atom. The molecule has 0 bridgehead atoms. The predicted octanol–water partition coefficient (Wildman–Crippen LogP) is 4.55. The Kier molecular flexibility index (Phi) is 8.07. The number of rotatable bonds is 7. The molecule has 0 spiro atoms. The van der Waals surface area contributed by atoms with Crippen molar-refractivity contribution in [1.82, 2.24) is 20.5 Å². The molecule has 2 N–H and O–H groups in total. The molecular weight excluding hydrogens is 378 g/mol. The standard InChI is InChI=1S/C23H35N5S/c1-5-24-23(25-15-21-16-29-22(26-21)17(2)3)27-20-11-13-28(14-12-20)18(4)19-9-7-6-8-10-19/h6-10,16-18,20H,5,11-15H2,1-4H3,(H2,24,25,27). The predicted molar refractivity (Wildman–Crippen MR) is 124 cm³/mol. The van der Waals surface area contributed by atoms with Crippen molar-refractivity contribution >= 4 is 17.3 Å². The van der Waals surface area contributed by atoms with Crippen LogP contribution in [0.4, 0.5) is 0 Å². The van der Waals surface area contributed by atoms with Gasteiger partial charge in [0, 0.05) is 43.0 Å². The van der Waals surface area contributed by atoms with Gasteiger partial charge in [-0.2, -0.15) is 0 Å². The van der Waals surface area contributed by atoms with Crippen molar-refractivity contribution in [2.45, 2.75) is 65.1 Å². The van der Waals surface area contributed by atoms with Gasteiger partial charge in [0.15, 0.2) is 5.96 Å². The van der Waals surface area contributed by atoms with Crippen molar-refractivity contribution in [2.75, 3.05) is 19.6 Å². The zero-order chi connectivity index (χ0) is 20.6. The number of aromatic nitrogens is 1. The first kappa shape index (κ1) is 21.8. The Morgan fingerprint density at radius 3 is 2.55 bits per heavy atom. The molecule has 1 aliphatic rings. The number of nitrogens with zero attached hydrogens (tertiary/aromatic N) is 3. The molecule has 29 heavy (non-hydrogen) atoms. The van der Waals surface area contributed by atoms with E-state index in [1.54, 1.807) is 11.3 Å². The maximum atomic E-state index is 4.78. The second-order valence-corrected chi connectivity index (χ2v) is 8.96. The lowest BCUT2D eigenvalue weighted by molar-refractivity contribution is 0.158. The van der Waals surface area contributed by atoms with Gasteiger partial charge in [-0.05, 0) is 32.3 Å². The van der Waals surface area contributed by atoms with E-state index in [9.17, 15) is 0 Å². The number of thiazole rings is 1. The van der Waals surface area contributed by atoms with Gasteiger partial charge in [0.25, 0.3) is 0 Å². The van der Waals surface area contributed by atoms with E-state index >= 15 is 0 Å². The van der Waals surface area contributed by atoms with Crippen LogP contribution in [0.1, 0.15) is 68.8 Å². The van der Waals surface area contributed by atoms with Crippen LogP contribution in [0, 0.1) is 0 Å². The third-order valence-corrected chi connectivity index (χ3v) is 6.70. The van der Waals surface area contributed by atoms with Crippen LogP contribution >= 0.6 is 11.3 Å². The molecule has 1 atom stereocenters.